The molecule has 236 valence electrons. The summed E-state index contributed by atoms with van der Waals surface area (Å²) < 4.78 is 31.2. The number of sulfonamides is 1. The van der Waals surface area contributed by atoms with E-state index in [1.54, 1.807) is 60.4 Å². The van der Waals surface area contributed by atoms with Gasteiger partial charge in [0.1, 0.15) is 5.69 Å². The van der Waals surface area contributed by atoms with Gasteiger partial charge in [0.15, 0.2) is 0 Å². The molecule has 0 spiro atoms. The highest BCUT2D eigenvalue weighted by atomic mass is 32.2. The van der Waals surface area contributed by atoms with Crippen LogP contribution in [-0.4, -0.2) is 72.7 Å². The molecular weight excluding hydrogens is 592 g/mol. The minimum atomic E-state index is -3.69. The quantitative estimate of drug-likeness (QED) is 0.206. The minimum absolute atomic E-state index is 0.0791. The largest absolute Gasteiger partial charge is 0.352 e. The van der Waals surface area contributed by atoms with Crippen LogP contribution in [0.25, 0.3) is 16.9 Å². The lowest BCUT2D eigenvalue weighted by Crippen LogP contribution is -2.47. The highest BCUT2D eigenvalue weighted by molar-refractivity contribution is 7.92. The molecule has 0 atom stereocenters. The van der Waals surface area contributed by atoms with Crippen molar-refractivity contribution >= 4 is 27.5 Å². The molecule has 1 aliphatic heterocycles. The first-order valence-corrected chi connectivity index (χ1v) is 16.8. The Labute approximate surface area is 262 Å². The van der Waals surface area contributed by atoms with Crippen LogP contribution in [0.5, 0.6) is 0 Å². The van der Waals surface area contributed by atoms with Crippen molar-refractivity contribution in [2.45, 2.75) is 26.3 Å². The Balaban J connectivity index is 1.61. The molecule has 11 nitrogen and oxygen atoms in total. The molecule has 4 aromatic rings. The normalized spacial score (nSPS) is 13.4. The van der Waals surface area contributed by atoms with Crippen LogP contribution in [0.4, 0.5) is 5.69 Å². The predicted molar refractivity (Wildman–Crippen MR) is 175 cm³/mol. The lowest BCUT2D eigenvalue weighted by atomic mass is 10.1. The van der Waals surface area contributed by atoms with Gasteiger partial charge in [0.05, 0.1) is 22.8 Å². The molecule has 0 saturated carbocycles. The molecule has 0 bridgehead atoms. The number of nitrogens with zero attached hydrogens (tertiary/aromatic N) is 3. The van der Waals surface area contributed by atoms with Crippen LogP contribution in [0.2, 0.25) is 0 Å². The van der Waals surface area contributed by atoms with Gasteiger partial charge in [0, 0.05) is 50.4 Å². The van der Waals surface area contributed by atoms with Crippen molar-refractivity contribution in [3.63, 3.8) is 0 Å². The molecular formula is C33H38N6O5S. The number of piperazine rings is 1. The van der Waals surface area contributed by atoms with Gasteiger partial charge in [0.2, 0.25) is 10.0 Å². The molecule has 3 N–H and O–H groups in total. The molecule has 5 rings (SSSR count). The minimum Gasteiger partial charge on any atom is -0.352 e. The van der Waals surface area contributed by atoms with E-state index in [0.29, 0.717) is 61.5 Å². The Bertz CT molecular complexity index is 1800. The molecule has 2 amide bonds. The van der Waals surface area contributed by atoms with Crippen LogP contribution in [0, 0.1) is 0 Å². The zero-order chi connectivity index (χ0) is 31.8. The number of carbonyl (C=O) groups is 2. The third-order valence-electron chi connectivity index (χ3n) is 7.56. The zero-order valence-electron chi connectivity index (χ0n) is 25.2. The number of hydrogen-bond donors (Lipinski definition) is 3. The number of benzene rings is 3. The third kappa shape index (κ3) is 7.35. The molecule has 1 aromatic heterocycles. The zero-order valence-corrected chi connectivity index (χ0v) is 26.1. The topological polar surface area (TPSA) is 135 Å². The van der Waals surface area contributed by atoms with E-state index in [1.165, 1.54) is 9.13 Å². The van der Waals surface area contributed by atoms with Crippen molar-refractivity contribution in [2.75, 3.05) is 43.2 Å². The van der Waals surface area contributed by atoms with E-state index in [-0.39, 0.29) is 42.0 Å². The maximum atomic E-state index is 14.4. The van der Waals surface area contributed by atoms with Crippen LogP contribution >= 0.6 is 0 Å². The van der Waals surface area contributed by atoms with E-state index in [4.69, 9.17) is 0 Å². The second-order valence-corrected chi connectivity index (χ2v) is 12.6. The van der Waals surface area contributed by atoms with Gasteiger partial charge in [-0.25, -0.2) is 13.2 Å². The second-order valence-electron chi connectivity index (χ2n) is 10.8. The fourth-order valence-corrected chi connectivity index (χ4v) is 6.59. The molecule has 1 fully saturated rings. The maximum absolute atomic E-state index is 14.4. The van der Waals surface area contributed by atoms with Gasteiger partial charge in [0.25, 0.3) is 11.8 Å². The van der Waals surface area contributed by atoms with E-state index in [0.717, 1.165) is 0 Å². The Morgan fingerprint density at radius 1 is 0.889 bits per heavy atom. The van der Waals surface area contributed by atoms with Gasteiger partial charge >= 0.3 is 5.69 Å². The molecule has 0 aliphatic carbocycles. The number of carbonyl (C=O) groups excluding carboxylic acids is 2. The van der Waals surface area contributed by atoms with Crippen LogP contribution in [0.3, 0.4) is 0 Å². The smallest absolute Gasteiger partial charge is 0.333 e. The lowest BCUT2D eigenvalue weighted by Gasteiger charge is -2.28. The van der Waals surface area contributed by atoms with Crippen LogP contribution in [-0.2, 0) is 16.6 Å². The Morgan fingerprint density at radius 2 is 1.53 bits per heavy atom. The van der Waals surface area contributed by atoms with Crippen molar-refractivity contribution in [3.8, 4) is 16.9 Å². The van der Waals surface area contributed by atoms with Crippen LogP contribution < -0.4 is 21.0 Å². The lowest BCUT2D eigenvalue weighted by molar-refractivity contribution is 0.0724. The average Bonchev–Trinajstić information content (AvgIpc) is 3.35. The number of hydrogen-bond acceptors (Lipinski definition) is 6. The molecule has 0 unspecified atom stereocenters. The SMILES string of the molecule is CCCS(=O)(=O)Nc1ccccc1-n1c(-c2ccccc2)c(C(=O)N2CCNCC2)n(CCCNC(=O)c2ccccc2)c1=O. The first-order valence-electron chi connectivity index (χ1n) is 15.1. The average molecular weight is 631 g/mol. The summed E-state index contributed by atoms with van der Waals surface area (Å²) in [6.45, 7) is 4.42. The summed E-state index contributed by atoms with van der Waals surface area (Å²) in [5.74, 6) is -0.594. The monoisotopic (exact) mass is 630 g/mol. The standard InChI is InChI=1S/C33H38N6O5S/c1-2-24-45(43,44)36-27-16-9-10-17-28(27)39-29(25-12-5-3-6-13-25)30(32(41)37-22-19-34-20-23-37)38(33(39)42)21-11-18-35-31(40)26-14-7-4-8-15-26/h3-10,12-17,34,36H,2,11,18-24H2,1H3,(H,35,40). The highest BCUT2D eigenvalue weighted by Gasteiger charge is 2.31. The van der Waals surface area contributed by atoms with Gasteiger partial charge in [-0.3, -0.25) is 23.4 Å². The van der Waals surface area contributed by atoms with E-state index in [9.17, 15) is 22.8 Å². The van der Waals surface area contributed by atoms with Gasteiger partial charge in [-0.15, -0.1) is 0 Å². The molecule has 45 heavy (non-hydrogen) atoms. The molecule has 12 heteroatoms. The van der Waals surface area contributed by atoms with E-state index in [2.05, 4.69) is 15.4 Å². The molecule has 1 saturated heterocycles. The second kappa shape index (κ2) is 14.4. The molecule has 0 radical (unpaired) electrons. The first kappa shape index (κ1) is 31.7. The summed E-state index contributed by atoms with van der Waals surface area (Å²) in [6.07, 6.45) is 0.802. The summed E-state index contributed by atoms with van der Waals surface area (Å²) in [5.41, 5.74) is 1.82. The number of anilines is 1. The number of para-hydroxylation sites is 2. The molecule has 1 aliphatic rings. The van der Waals surface area contributed by atoms with Crippen molar-refractivity contribution in [1.82, 2.24) is 24.7 Å². The van der Waals surface area contributed by atoms with Gasteiger partial charge in [-0.1, -0.05) is 67.6 Å². The van der Waals surface area contributed by atoms with Crippen molar-refractivity contribution in [1.29, 1.82) is 0 Å². The summed E-state index contributed by atoms with van der Waals surface area (Å²) >= 11 is 0. The summed E-state index contributed by atoms with van der Waals surface area (Å²) in [4.78, 5) is 43.1. The molecule has 3 aromatic carbocycles. The number of rotatable bonds is 12. The first-order chi connectivity index (χ1) is 21.8. The van der Waals surface area contributed by atoms with E-state index in [1.807, 2.05) is 36.4 Å². The van der Waals surface area contributed by atoms with Gasteiger partial charge in [-0.05, 0) is 37.1 Å². The Hall–Kier alpha value is -4.68. The third-order valence-corrected chi connectivity index (χ3v) is 9.03. The van der Waals surface area contributed by atoms with Crippen molar-refractivity contribution < 1.29 is 18.0 Å². The fraction of sp³-hybridized carbons (Fsp3) is 0.303. The van der Waals surface area contributed by atoms with Gasteiger partial charge in [-0.2, -0.15) is 0 Å². The van der Waals surface area contributed by atoms with Gasteiger partial charge < -0.3 is 15.5 Å². The molecule has 2 heterocycles. The van der Waals surface area contributed by atoms with Crippen molar-refractivity contribution in [2.24, 2.45) is 0 Å². The van der Waals surface area contributed by atoms with Crippen molar-refractivity contribution in [3.05, 3.63) is 107 Å². The Kier molecular flexibility index (Phi) is 10.2. The van der Waals surface area contributed by atoms with Crippen LogP contribution in [0.1, 0.15) is 40.6 Å². The van der Waals surface area contributed by atoms with Crippen LogP contribution in [0.15, 0.2) is 89.7 Å². The predicted octanol–water partition coefficient (Wildman–Crippen LogP) is 3.32. The number of aromatic nitrogens is 2. The number of amides is 2. The summed E-state index contributed by atoms with van der Waals surface area (Å²) in [7, 11) is -3.69. The van der Waals surface area contributed by atoms with E-state index >= 15 is 0 Å². The maximum Gasteiger partial charge on any atom is 0.333 e. The number of nitrogens with one attached hydrogen (secondary N) is 3. The summed E-state index contributed by atoms with van der Waals surface area (Å²) in [6, 6.07) is 24.7. The number of imidazole rings is 1. The van der Waals surface area contributed by atoms with E-state index < -0.39 is 15.7 Å². The summed E-state index contributed by atoms with van der Waals surface area (Å²) in [5, 5.41) is 6.15. The fourth-order valence-electron chi connectivity index (χ4n) is 5.45. The Morgan fingerprint density at radius 3 is 2.22 bits per heavy atom. The highest BCUT2D eigenvalue weighted by Crippen LogP contribution is 2.31.